The molecule has 0 atom stereocenters. The van der Waals surface area contributed by atoms with E-state index in [-0.39, 0.29) is 29.7 Å². The van der Waals surface area contributed by atoms with E-state index in [9.17, 15) is 5.26 Å². The molecule has 3 heterocycles. The molecule has 0 saturated heterocycles. The maximum Gasteiger partial charge on any atom is 0.237 e. The highest BCUT2D eigenvalue weighted by atomic mass is 79.9. The van der Waals surface area contributed by atoms with Crippen molar-refractivity contribution in [3.8, 4) is 23.4 Å². The van der Waals surface area contributed by atoms with Crippen molar-refractivity contribution >= 4 is 21.9 Å². The van der Waals surface area contributed by atoms with Gasteiger partial charge in [0.15, 0.2) is 10.4 Å². The van der Waals surface area contributed by atoms with Crippen molar-refractivity contribution in [2.75, 3.05) is 5.73 Å². The molecule has 0 bridgehead atoms. The molecule has 0 spiro atoms. The van der Waals surface area contributed by atoms with Crippen LogP contribution in [-0.2, 0) is 6.61 Å². The summed E-state index contributed by atoms with van der Waals surface area (Å²) in [6, 6.07) is 10.9. The summed E-state index contributed by atoms with van der Waals surface area (Å²) in [4.78, 5) is 12.2. The number of nitrogens with two attached hydrogens (primary N) is 1. The Hall–Kier alpha value is -2.92. The van der Waals surface area contributed by atoms with Crippen LogP contribution in [0.15, 0.2) is 45.6 Å². The molecule has 0 aliphatic carbocycles. The first kappa shape index (κ1) is 15.0. The molecule has 23 heavy (non-hydrogen) atoms. The van der Waals surface area contributed by atoms with Crippen LogP contribution in [0.5, 0.6) is 5.88 Å². The third-order valence-corrected chi connectivity index (χ3v) is 3.32. The predicted octanol–water partition coefficient (Wildman–Crippen LogP) is 2.93. The third kappa shape index (κ3) is 3.30. The van der Waals surface area contributed by atoms with Gasteiger partial charge in [0.1, 0.15) is 23.9 Å². The summed E-state index contributed by atoms with van der Waals surface area (Å²) in [6.07, 6.45) is 1.66. The molecule has 114 valence electrons. The number of nitrogens with zero attached hydrogens (tertiary/aromatic N) is 4. The Morgan fingerprint density at radius 3 is 2.78 bits per heavy atom. The fourth-order valence-corrected chi connectivity index (χ4v) is 2.21. The maximum atomic E-state index is 9.44. The molecule has 0 amide bonds. The second-order valence-corrected chi connectivity index (χ2v) is 5.22. The number of ether oxygens (including phenoxy) is 1. The van der Waals surface area contributed by atoms with E-state index in [0.29, 0.717) is 16.1 Å². The average Bonchev–Trinajstić information content (AvgIpc) is 2.99. The lowest BCUT2D eigenvalue weighted by Crippen LogP contribution is -2.06. The van der Waals surface area contributed by atoms with E-state index in [1.54, 1.807) is 30.5 Å². The molecule has 0 aliphatic heterocycles. The Morgan fingerprint density at radius 1 is 1.26 bits per heavy atom. The highest BCUT2D eigenvalue weighted by Gasteiger charge is 2.19. The SMILES string of the molecule is N#Cc1c(OCc2ccccn2)nc(N)nc1-c1ccc(Br)o1. The van der Waals surface area contributed by atoms with Crippen LogP contribution in [0.2, 0.25) is 0 Å². The van der Waals surface area contributed by atoms with E-state index in [1.807, 2.05) is 12.1 Å². The number of halogens is 1. The van der Waals surface area contributed by atoms with Gasteiger partial charge in [0.25, 0.3) is 0 Å². The average molecular weight is 372 g/mol. The van der Waals surface area contributed by atoms with E-state index in [4.69, 9.17) is 14.9 Å². The number of furan rings is 1. The van der Waals surface area contributed by atoms with E-state index in [0.717, 1.165) is 0 Å². The fourth-order valence-electron chi connectivity index (χ4n) is 1.91. The van der Waals surface area contributed by atoms with Crippen molar-refractivity contribution in [1.82, 2.24) is 15.0 Å². The number of hydrogen-bond acceptors (Lipinski definition) is 7. The lowest BCUT2D eigenvalue weighted by atomic mass is 10.2. The lowest BCUT2D eigenvalue weighted by molar-refractivity contribution is 0.288. The molecule has 0 aromatic carbocycles. The van der Waals surface area contributed by atoms with Crippen molar-refractivity contribution in [2.45, 2.75) is 6.61 Å². The zero-order valence-electron chi connectivity index (χ0n) is 11.7. The molecule has 3 aromatic heterocycles. The lowest BCUT2D eigenvalue weighted by Gasteiger charge is -2.09. The van der Waals surface area contributed by atoms with E-state index in [2.05, 4.69) is 30.9 Å². The summed E-state index contributed by atoms with van der Waals surface area (Å²) < 4.78 is 11.5. The van der Waals surface area contributed by atoms with Gasteiger partial charge in [-0.2, -0.15) is 10.2 Å². The molecule has 0 aliphatic rings. The van der Waals surface area contributed by atoms with Gasteiger partial charge in [0, 0.05) is 6.20 Å². The topological polar surface area (TPSA) is 111 Å². The zero-order chi connectivity index (χ0) is 16.2. The predicted molar refractivity (Wildman–Crippen MR) is 85.1 cm³/mol. The minimum Gasteiger partial charge on any atom is -0.470 e. The second-order valence-electron chi connectivity index (χ2n) is 4.44. The van der Waals surface area contributed by atoms with Crippen LogP contribution in [0.3, 0.4) is 0 Å². The van der Waals surface area contributed by atoms with Crippen LogP contribution in [0, 0.1) is 11.3 Å². The van der Waals surface area contributed by atoms with Crippen LogP contribution in [-0.4, -0.2) is 15.0 Å². The van der Waals surface area contributed by atoms with Gasteiger partial charge in [0.2, 0.25) is 11.8 Å². The zero-order valence-corrected chi connectivity index (χ0v) is 13.3. The molecule has 0 saturated carbocycles. The Kier molecular flexibility index (Phi) is 4.21. The normalized spacial score (nSPS) is 10.3. The van der Waals surface area contributed by atoms with Gasteiger partial charge in [-0.15, -0.1) is 0 Å². The number of nitriles is 1. The maximum absolute atomic E-state index is 9.44. The van der Waals surface area contributed by atoms with E-state index < -0.39 is 0 Å². The summed E-state index contributed by atoms with van der Waals surface area (Å²) in [5.74, 6) is 0.473. The fraction of sp³-hybridized carbons (Fsp3) is 0.0667. The molecular formula is C15H10BrN5O2. The number of pyridine rings is 1. The first-order valence-corrected chi connectivity index (χ1v) is 7.32. The largest absolute Gasteiger partial charge is 0.470 e. The molecular weight excluding hydrogens is 362 g/mol. The summed E-state index contributed by atoms with van der Waals surface area (Å²) in [5, 5.41) is 9.44. The molecule has 3 aromatic rings. The van der Waals surface area contributed by atoms with Crippen LogP contribution in [0.25, 0.3) is 11.5 Å². The van der Waals surface area contributed by atoms with E-state index >= 15 is 0 Å². The van der Waals surface area contributed by atoms with Gasteiger partial charge < -0.3 is 14.9 Å². The quantitative estimate of drug-likeness (QED) is 0.750. The minimum absolute atomic E-state index is 0.0115. The molecule has 3 rings (SSSR count). The molecule has 7 nitrogen and oxygen atoms in total. The molecule has 2 N–H and O–H groups in total. The van der Waals surface area contributed by atoms with Gasteiger partial charge in [-0.3, -0.25) is 4.98 Å². The summed E-state index contributed by atoms with van der Waals surface area (Å²) in [5.41, 5.74) is 6.85. The number of hydrogen-bond donors (Lipinski definition) is 1. The third-order valence-electron chi connectivity index (χ3n) is 2.89. The summed E-state index contributed by atoms with van der Waals surface area (Å²) in [7, 11) is 0. The van der Waals surface area contributed by atoms with Gasteiger partial charge in [-0.05, 0) is 40.2 Å². The number of anilines is 1. The molecule has 0 unspecified atom stereocenters. The van der Waals surface area contributed by atoms with Gasteiger partial charge in [-0.1, -0.05) is 6.07 Å². The van der Waals surface area contributed by atoms with Crippen molar-refractivity contribution in [2.24, 2.45) is 0 Å². The molecule has 8 heteroatoms. The van der Waals surface area contributed by atoms with Crippen molar-refractivity contribution in [3.63, 3.8) is 0 Å². The highest BCUT2D eigenvalue weighted by Crippen LogP contribution is 2.31. The van der Waals surface area contributed by atoms with Crippen LogP contribution >= 0.6 is 15.9 Å². The summed E-state index contributed by atoms with van der Waals surface area (Å²) >= 11 is 3.21. The highest BCUT2D eigenvalue weighted by molar-refractivity contribution is 9.10. The number of rotatable bonds is 4. The summed E-state index contributed by atoms with van der Waals surface area (Å²) in [6.45, 7) is 0.160. The van der Waals surface area contributed by atoms with Crippen molar-refractivity contribution < 1.29 is 9.15 Å². The minimum atomic E-state index is -0.0115. The van der Waals surface area contributed by atoms with Crippen molar-refractivity contribution in [3.05, 3.63) is 52.5 Å². The van der Waals surface area contributed by atoms with Crippen LogP contribution < -0.4 is 10.5 Å². The Labute approximate surface area is 139 Å². The van der Waals surface area contributed by atoms with Crippen LogP contribution in [0.1, 0.15) is 11.3 Å². The Bertz CT molecular complexity index is 873. The van der Waals surface area contributed by atoms with Gasteiger partial charge in [0.05, 0.1) is 5.69 Å². The van der Waals surface area contributed by atoms with Gasteiger partial charge in [-0.25, -0.2) is 4.98 Å². The van der Waals surface area contributed by atoms with Gasteiger partial charge >= 0.3 is 0 Å². The second kappa shape index (κ2) is 6.46. The first-order chi connectivity index (χ1) is 11.2. The monoisotopic (exact) mass is 371 g/mol. The Morgan fingerprint density at radius 2 is 2.13 bits per heavy atom. The standard InChI is InChI=1S/C15H10BrN5O2/c16-12-5-4-11(23-12)13-10(7-17)14(21-15(18)20-13)22-8-9-3-1-2-6-19-9/h1-6H,8H2,(H2,18,20,21). The Balaban J connectivity index is 1.97. The molecule has 0 radical (unpaired) electrons. The van der Waals surface area contributed by atoms with Crippen LogP contribution in [0.4, 0.5) is 5.95 Å². The molecule has 0 fully saturated rings. The number of aromatic nitrogens is 3. The van der Waals surface area contributed by atoms with Crippen molar-refractivity contribution in [1.29, 1.82) is 5.26 Å². The number of nitrogen functional groups attached to an aromatic ring is 1. The smallest absolute Gasteiger partial charge is 0.237 e. The van der Waals surface area contributed by atoms with E-state index in [1.165, 1.54) is 0 Å². The first-order valence-electron chi connectivity index (χ1n) is 6.53.